The van der Waals surface area contributed by atoms with Gasteiger partial charge in [-0.3, -0.25) is 9.78 Å². The molecule has 158 valence electrons. The smallest absolute Gasteiger partial charge is 0.162 e. The van der Waals surface area contributed by atoms with Gasteiger partial charge in [0, 0.05) is 40.4 Å². The van der Waals surface area contributed by atoms with E-state index in [4.69, 9.17) is 9.47 Å². The van der Waals surface area contributed by atoms with Crippen LogP contribution in [0.3, 0.4) is 0 Å². The molecule has 1 aromatic heterocycles. The lowest BCUT2D eigenvalue weighted by molar-refractivity contribution is -0.118. The number of anilines is 1. The number of nitrogens with one attached hydrogen (secondary N) is 1. The maximum absolute atomic E-state index is 13.5. The van der Waals surface area contributed by atoms with Crippen LogP contribution in [0.2, 0.25) is 0 Å². The van der Waals surface area contributed by atoms with Gasteiger partial charge in [0.25, 0.3) is 0 Å². The van der Waals surface area contributed by atoms with Crippen LogP contribution in [-0.4, -0.2) is 25.0 Å². The lowest BCUT2D eigenvalue weighted by atomic mass is 9.68. The number of Topliss-reactive ketones (excluding diaryl/α,β-unsaturated/α-hetero) is 1. The van der Waals surface area contributed by atoms with Crippen LogP contribution < -0.4 is 14.8 Å². The van der Waals surface area contributed by atoms with E-state index in [1.165, 1.54) is 0 Å². The summed E-state index contributed by atoms with van der Waals surface area (Å²) in [5.41, 5.74) is 5.79. The van der Waals surface area contributed by atoms with Crippen LogP contribution in [0.4, 0.5) is 5.69 Å². The number of nitrogens with zero attached hydrogens (tertiary/aromatic N) is 1. The molecule has 0 unspecified atom stereocenters. The van der Waals surface area contributed by atoms with Crippen molar-refractivity contribution in [2.24, 2.45) is 5.41 Å². The van der Waals surface area contributed by atoms with Crippen molar-refractivity contribution in [3.05, 3.63) is 65.4 Å². The van der Waals surface area contributed by atoms with Crippen molar-refractivity contribution in [2.75, 3.05) is 19.5 Å². The second-order valence-electron chi connectivity index (χ2n) is 9.08. The molecule has 2 aliphatic rings. The minimum Gasteiger partial charge on any atom is -0.497 e. The van der Waals surface area contributed by atoms with Gasteiger partial charge in [-0.25, -0.2) is 0 Å². The van der Waals surface area contributed by atoms with Crippen LogP contribution in [0.1, 0.15) is 43.9 Å². The van der Waals surface area contributed by atoms with Gasteiger partial charge in [-0.05, 0) is 53.8 Å². The zero-order valence-electron chi connectivity index (χ0n) is 18.3. The van der Waals surface area contributed by atoms with Gasteiger partial charge < -0.3 is 14.8 Å². The highest BCUT2D eigenvalue weighted by Gasteiger charge is 2.41. The first-order valence-electron chi connectivity index (χ1n) is 10.5. The molecule has 5 rings (SSSR count). The lowest BCUT2D eigenvalue weighted by Gasteiger charge is -2.40. The van der Waals surface area contributed by atoms with E-state index in [0.29, 0.717) is 6.42 Å². The lowest BCUT2D eigenvalue weighted by Crippen LogP contribution is -2.33. The molecular weight excluding hydrogens is 388 g/mol. The molecule has 0 saturated carbocycles. The zero-order chi connectivity index (χ0) is 21.8. The number of rotatable bonds is 3. The van der Waals surface area contributed by atoms with Crippen LogP contribution in [0.25, 0.3) is 16.5 Å². The van der Waals surface area contributed by atoms with Gasteiger partial charge in [0.1, 0.15) is 11.5 Å². The standard InChI is InChI=1S/C26H26N2O3/c1-26(2)13-18-23-16-6-5-11-27-19(16)8-9-20(23)28-25(24(18)21(29)14-26)17-12-15(30-3)7-10-22(17)31-4/h5-12,25,28H,13-14H2,1-4H3/t25-/m0/s1. The Labute approximate surface area is 182 Å². The van der Waals surface area contributed by atoms with Crippen molar-refractivity contribution in [1.29, 1.82) is 0 Å². The maximum atomic E-state index is 13.5. The van der Waals surface area contributed by atoms with E-state index >= 15 is 0 Å². The van der Waals surface area contributed by atoms with Crippen molar-refractivity contribution in [3.8, 4) is 11.5 Å². The van der Waals surface area contributed by atoms with Crippen LogP contribution in [0.5, 0.6) is 11.5 Å². The molecule has 0 spiro atoms. The summed E-state index contributed by atoms with van der Waals surface area (Å²) in [6.45, 7) is 4.34. The predicted octanol–water partition coefficient (Wildman–Crippen LogP) is 5.56. The molecule has 0 amide bonds. The number of carbonyl (C=O) groups excluding carboxylic acids is 1. The largest absolute Gasteiger partial charge is 0.497 e. The topological polar surface area (TPSA) is 60.5 Å². The molecule has 5 nitrogen and oxygen atoms in total. The van der Waals surface area contributed by atoms with E-state index in [2.05, 4.69) is 36.3 Å². The Balaban J connectivity index is 1.81. The first kappa shape index (κ1) is 19.6. The van der Waals surface area contributed by atoms with Crippen molar-refractivity contribution in [1.82, 2.24) is 4.98 Å². The second kappa shape index (κ2) is 7.12. The summed E-state index contributed by atoms with van der Waals surface area (Å²) >= 11 is 0. The van der Waals surface area contributed by atoms with Gasteiger partial charge in [0.2, 0.25) is 0 Å². The minimum atomic E-state index is -0.301. The number of allylic oxidation sites excluding steroid dienone is 1. The normalized spacial score (nSPS) is 19.5. The summed E-state index contributed by atoms with van der Waals surface area (Å²) < 4.78 is 11.1. The molecule has 2 aromatic carbocycles. The molecule has 0 radical (unpaired) electrons. The molecule has 31 heavy (non-hydrogen) atoms. The van der Waals surface area contributed by atoms with Crippen LogP contribution in [-0.2, 0) is 4.79 Å². The van der Waals surface area contributed by atoms with Gasteiger partial charge in [-0.15, -0.1) is 0 Å². The number of ketones is 1. The zero-order valence-corrected chi connectivity index (χ0v) is 18.3. The molecule has 5 heteroatoms. The van der Waals surface area contributed by atoms with Gasteiger partial charge in [0.15, 0.2) is 5.78 Å². The average molecular weight is 415 g/mol. The van der Waals surface area contributed by atoms with Crippen molar-refractivity contribution in [2.45, 2.75) is 32.7 Å². The summed E-state index contributed by atoms with van der Waals surface area (Å²) in [7, 11) is 3.30. The highest BCUT2D eigenvalue weighted by atomic mass is 16.5. The first-order valence-corrected chi connectivity index (χ1v) is 10.5. The Kier molecular flexibility index (Phi) is 4.50. The Bertz CT molecular complexity index is 1240. The average Bonchev–Trinajstić information content (AvgIpc) is 2.76. The molecule has 1 atom stereocenters. The summed E-state index contributed by atoms with van der Waals surface area (Å²) in [6.07, 6.45) is 3.16. The van der Waals surface area contributed by atoms with Gasteiger partial charge in [0.05, 0.1) is 25.8 Å². The fourth-order valence-electron chi connectivity index (χ4n) is 5.02. The fraction of sp³-hybridized carbons (Fsp3) is 0.308. The Morgan fingerprint density at radius 1 is 1.06 bits per heavy atom. The van der Waals surface area contributed by atoms with Crippen molar-refractivity contribution in [3.63, 3.8) is 0 Å². The molecular formula is C26H26N2O3. The van der Waals surface area contributed by atoms with E-state index in [1.54, 1.807) is 20.4 Å². The Morgan fingerprint density at radius 2 is 1.90 bits per heavy atom. The molecule has 0 bridgehead atoms. The number of benzene rings is 2. The van der Waals surface area contributed by atoms with Crippen molar-refractivity contribution >= 4 is 27.9 Å². The van der Waals surface area contributed by atoms with Crippen LogP contribution in [0.15, 0.2) is 54.2 Å². The highest BCUT2D eigenvalue weighted by Crippen LogP contribution is 2.53. The van der Waals surface area contributed by atoms with Gasteiger partial charge in [-0.2, -0.15) is 0 Å². The third-order valence-electron chi connectivity index (χ3n) is 6.34. The Morgan fingerprint density at radius 3 is 2.68 bits per heavy atom. The van der Waals surface area contributed by atoms with E-state index < -0.39 is 0 Å². The van der Waals surface area contributed by atoms with Gasteiger partial charge in [-0.1, -0.05) is 19.9 Å². The number of pyridine rings is 1. The molecule has 1 N–H and O–H groups in total. The molecule has 1 aliphatic heterocycles. The quantitative estimate of drug-likeness (QED) is 0.608. The molecule has 2 heterocycles. The molecule has 0 saturated heterocycles. The summed E-state index contributed by atoms with van der Waals surface area (Å²) in [5, 5.41) is 4.72. The number of fused-ring (bicyclic) bond motifs is 4. The number of hydrogen-bond acceptors (Lipinski definition) is 5. The number of hydrogen-bond donors (Lipinski definition) is 1. The number of carbonyl (C=O) groups is 1. The van der Waals surface area contributed by atoms with E-state index in [9.17, 15) is 4.79 Å². The predicted molar refractivity (Wildman–Crippen MR) is 123 cm³/mol. The number of methoxy groups -OCH3 is 2. The van der Waals surface area contributed by atoms with Gasteiger partial charge >= 0.3 is 0 Å². The number of ether oxygens (including phenoxy) is 2. The minimum absolute atomic E-state index is 0.0993. The molecule has 1 aliphatic carbocycles. The van der Waals surface area contributed by atoms with E-state index in [0.717, 1.165) is 56.8 Å². The second-order valence-corrected chi connectivity index (χ2v) is 9.08. The SMILES string of the molecule is COc1ccc(OC)c([C@@H]2Nc3ccc4ncccc4c3C3=C2C(=O)CC(C)(C)C3)c1. The van der Waals surface area contributed by atoms with Crippen LogP contribution in [0, 0.1) is 5.41 Å². The first-order chi connectivity index (χ1) is 14.9. The monoisotopic (exact) mass is 414 g/mol. The Hall–Kier alpha value is -3.34. The highest BCUT2D eigenvalue weighted by molar-refractivity contribution is 6.12. The fourth-order valence-corrected chi connectivity index (χ4v) is 5.02. The third kappa shape index (κ3) is 3.16. The van der Waals surface area contributed by atoms with E-state index in [-0.39, 0.29) is 17.2 Å². The summed E-state index contributed by atoms with van der Waals surface area (Å²) in [6, 6.07) is 13.6. The third-order valence-corrected chi connectivity index (χ3v) is 6.34. The van der Waals surface area contributed by atoms with Crippen LogP contribution >= 0.6 is 0 Å². The summed E-state index contributed by atoms with van der Waals surface area (Å²) in [4.78, 5) is 18.1. The van der Waals surface area contributed by atoms with E-state index in [1.807, 2.05) is 30.3 Å². The molecule has 0 fully saturated rings. The number of aromatic nitrogens is 1. The maximum Gasteiger partial charge on any atom is 0.162 e. The van der Waals surface area contributed by atoms with Crippen molar-refractivity contribution < 1.29 is 14.3 Å². The molecule has 3 aromatic rings. The summed E-state index contributed by atoms with van der Waals surface area (Å²) in [5.74, 6) is 1.64.